The molecule has 0 radical (unpaired) electrons. The number of rotatable bonds is 4. The van der Waals surface area contributed by atoms with Gasteiger partial charge < -0.3 is 5.73 Å². The second-order valence-electron chi connectivity index (χ2n) is 3.55. The normalized spacial score (nSPS) is 12.5. The van der Waals surface area contributed by atoms with Gasteiger partial charge in [-0.1, -0.05) is 11.8 Å². The van der Waals surface area contributed by atoms with Crippen LogP contribution < -0.4 is 5.73 Å². The molecule has 0 spiro atoms. The Morgan fingerprint density at radius 3 is 2.94 bits per heavy atom. The lowest BCUT2D eigenvalue weighted by Gasteiger charge is -2.01. The van der Waals surface area contributed by atoms with Crippen molar-refractivity contribution in [2.24, 2.45) is 5.73 Å². The highest BCUT2D eigenvalue weighted by molar-refractivity contribution is 8.02. The number of nitrogens with two attached hydrogens (primary N) is 1. The summed E-state index contributed by atoms with van der Waals surface area (Å²) in [7, 11) is 0. The largest absolute Gasteiger partial charge is 0.369 e. The molecular weight excluding hydrogens is 274 g/mol. The average molecular weight is 283 g/mol. The number of nitrogens with zero attached hydrogens (tertiary/aromatic N) is 2. The lowest BCUT2D eigenvalue weighted by Crippen LogP contribution is -2.22. The van der Waals surface area contributed by atoms with Crippen LogP contribution in [0.5, 0.6) is 0 Å². The van der Waals surface area contributed by atoms with E-state index in [0.717, 1.165) is 4.70 Å². The number of benzene rings is 1. The molecule has 2 aromatic rings. The number of amides is 1. The fraction of sp³-hybridized carbons (Fsp3) is 0.200. The maximum atomic E-state index is 11.0. The van der Waals surface area contributed by atoms with Gasteiger partial charge in [0, 0.05) is 12.1 Å². The molecule has 1 aromatic heterocycles. The first kappa shape index (κ1) is 12.8. The standard InChI is InChI=1S/C10H9N3O3S2/c1-5(9(11)14)17-10-12-7-3-2-6(13(15)16)4-8(7)18-10/h2-5H,1H3,(H2,11,14)/t5-/m1/s1. The third-order valence-corrected chi connectivity index (χ3v) is 4.47. The minimum Gasteiger partial charge on any atom is -0.369 e. The molecule has 0 saturated heterocycles. The number of thioether (sulfide) groups is 1. The molecular formula is C10H9N3O3S2. The predicted octanol–water partition coefficient (Wildman–Crippen LogP) is 2.17. The molecule has 1 heterocycles. The van der Waals surface area contributed by atoms with Crippen molar-refractivity contribution in [2.75, 3.05) is 0 Å². The molecule has 2 rings (SSSR count). The summed E-state index contributed by atoms with van der Waals surface area (Å²) in [6.45, 7) is 1.70. The monoisotopic (exact) mass is 283 g/mol. The van der Waals surface area contributed by atoms with Gasteiger partial charge in [0.05, 0.1) is 20.4 Å². The summed E-state index contributed by atoms with van der Waals surface area (Å²) in [4.78, 5) is 25.4. The van der Waals surface area contributed by atoms with Gasteiger partial charge in [0.1, 0.15) is 0 Å². The minimum absolute atomic E-state index is 0.0330. The van der Waals surface area contributed by atoms with Crippen molar-refractivity contribution in [3.8, 4) is 0 Å². The van der Waals surface area contributed by atoms with Crippen LogP contribution in [0.15, 0.2) is 22.5 Å². The van der Waals surface area contributed by atoms with Gasteiger partial charge in [0.2, 0.25) is 5.91 Å². The maximum Gasteiger partial charge on any atom is 0.270 e. The van der Waals surface area contributed by atoms with Crippen LogP contribution in [0.2, 0.25) is 0 Å². The lowest BCUT2D eigenvalue weighted by molar-refractivity contribution is -0.384. The lowest BCUT2D eigenvalue weighted by atomic mass is 10.3. The Balaban J connectivity index is 2.32. The van der Waals surface area contributed by atoms with Crippen LogP contribution in [0.4, 0.5) is 5.69 Å². The Morgan fingerprint density at radius 1 is 1.61 bits per heavy atom. The highest BCUT2D eigenvalue weighted by Gasteiger charge is 2.15. The molecule has 1 atom stereocenters. The third-order valence-electron chi connectivity index (χ3n) is 2.24. The molecule has 1 aromatic carbocycles. The summed E-state index contributed by atoms with van der Waals surface area (Å²) in [6, 6.07) is 4.49. The molecule has 94 valence electrons. The number of nitro benzene ring substituents is 1. The Hall–Kier alpha value is -1.67. The van der Waals surface area contributed by atoms with Crippen LogP contribution in [0.1, 0.15) is 6.92 Å². The molecule has 1 amide bonds. The highest BCUT2D eigenvalue weighted by atomic mass is 32.2. The number of fused-ring (bicyclic) bond motifs is 1. The summed E-state index contributed by atoms with van der Waals surface area (Å²) in [5.41, 5.74) is 5.89. The second kappa shape index (κ2) is 4.91. The van der Waals surface area contributed by atoms with E-state index in [1.54, 1.807) is 13.0 Å². The minimum atomic E-state index is -0.446. The highest BCUT2D eigenvalue weighted by Crippen LogP contribution is 2.33. The molecule has 0 bridgehead atoms. The van der Waals surface area contributed by atoms with E-state index in [0.29, 0.717) is 9.86 Å². The molecule has 0 unspecified atom stereocenters. The number of nitro groups is 1. The van der Waals surface area contributed by atoms with Crippen molar-refractivity contribution in [3.05, 3.63) is 28.3 Å². The summed E-state index contributed by atoms with van der Waals surface area (Å²) in [6.07, 6.45) is 0. The fourth-order valence-electron chi connectivity index (χ4n) is 1.27. The Bertz CT molecular complexity index is 626. The van der Waals surface area contributed by atoms with Crippen molar-refractivity contribution in [3.63, 3.8) is 0 Å². The van der Waals surface area contributed by atoms with Crippen LogP contribution in [-0.2, 0) is 4.79 Å². The molecule has 0 aliphatic rings. The molecule has 8 heteroatoms. The predicted molar refractivity (Wildman–Crippen MR) is 70.8 cm³/mol. The molecule has 18 heavy (non-hydrogen) atoms. The summed E-state index contributed by atoms with van der Waals surface area (Å²) in [5, 5.41) is 10.3. The first-order valence-corrected chi connectivity index (χ1v) is 6.68. The maximum absolute atomic E-state index is 11.0. The van der Waals surface area contributed by atoms with Crippen molar-refractivity contribution >= 4 is 44.9 Å². The topological polar surface area (TPSA) is 99.1 Å². The van der Waals surface area contributed by atoms with Gasteiger partial charge in [-0.25, -0.2) is 4.98 Å². The van der Waals surface area contributed by atoms with E-state index in [1.807, 2.05) is 0 Å². The van der Waals surface area contributed by atoms with Crippen molar-refractivity contribution in [1.29, 1.82) is 0 Å². The van der Waals surface area contributed by atoms with Gasteiger partial charge in [-0.05, 0) is 13.0 Å². The zero-order valence-corrected chi connectivity index (χ0v) is 11.0. The molecule has 2 N–H and O–H groups in total. The van der Waals surface area contributed by atoms with E-state index in [2.05, 4.69) is 4.98 Å². The van der Waals surface area contributed by atoms with Crippen LogP contribution in [0, 0.1) is 10.1 Å². The summed E-state index contributed by atoms with van der Waals surface area (Å²) in [5.74, 6) is -0.412. The van der Waals surface area contributed by atoms with E-state index in [9.17, 15) is 14.9 Å². The van der Waals surface area contributed by atoms with Gasteiger partial charge in [0.15, 0.2) is 4.34 Å². The summed E-state index contributed by atoms with van der Waals surface area (Å²) < 4.78 is 1.40. The van der Waals surface area contributed by atoms with Crippen LogP contribution >= 0.6 is 23.1 Å². The SMILES string of the molecule is C[C@@H](Sc1nc2ccc([N+](=O)[O-])cc2s1)C(N)=O. The Morgan fingerprint density at radius 2 is 2.33 bits per heavy atom. The average Bonchev–Trinajstić information content (AvgIpc) is 2.69. The smallest absolute Gasteiger partial charge is 0.270 e. The third kappa shape index (κ3) is 2.59. The molecule has 6 nitrogen and oxygen atoms in total. The van der Waals surface area contributed by atoms with Gasteiger partial charge in [-0.3, -0.25) is 14.9 Å². The number of carbonyl (C=O) groups is 1. The Kier molecular flexibility index (Phi) is 3.48. The second-order valence-corrected chi connectivity index (χ2v) is 6.17. The number of thiazole rings is 1. The molecule has 0 fully saturated rings. The van der Waals surface area contributed by atoms with Crippen LogP contribution in [0.3, 0.4) is 0 Å². The van der Waals surface area contributed by atoms with Crippen molar-refractivity contribution in [1.82, 2.24) is 4.98 Å². The fourth-order valence-corrected chi connectivity index (χ4v) is 3.46. The zero-order chi connectivity index (χ0) is 13.3. The van der Waals surface area contributed by atoms with E-state index in [4.69, 9.17) is 5.73 Å². The van der Waals surface area contributed by atoms with Crippen LogP contribution in [0.25, 0.3) is 10.2 Å². The quantitative estimate of drug-likeness (QED) is 0.526. The Labute approximate surface area is 110 Å². The van der Waals surface area contributed by atoms with Crippen molar-refractivity contribution in [2.45, 2.75) is 16.5 Å². The number of non-ortho nitro benzene ring substituents is 1. The van der Waals surface area contributed by atoms with Crippen molar-refractivity contribution < 1.29 is 9.72 Å². The van der Waals surface area contributed by atoms with Gasteiger partial charge in [-0.15, -0.1) is 11.3 Å². The molecule has 0 aliphatic heterocycles. The number of aromatic nitrogens is 1. The first-order chi connectivity index (χ1) is 8.47. The molecule has 0 saturated carbocycles. The summed E-state index contributed by atoms with van der Waals surface area (Å²) >= 11 is 2.57. The van der Waals surface area contributed by atoms with Gasteiger partial charge in [-0.2, -0.15) is 0 Å². The van der Waals surface area contributed by atoms with Crippen LogP contribution in [-0.4, -0.2) is 21.1 Å². The van der Waals surface area contributed by atoms with E-state index in [1.165, 1.54) is 35.2 Å². The van der Waals surface area contributed by atoms with E-state index in [-0.39, 0.29) is 10.9 Å². The van der Waals surface area contributed by atoms with Gasteiger partial charge in [0.25, 0.3) is 5.69 Å². The number of carbonyl (C=O) groups excluding carboxylic acids is 1. The molecule has 0 aliphatic carbocycles. The van der Waals surface area contributed by atoms with E-state index < -0.39 is 10.8 Å². The zero-order valence-electron chi connectivity index (χ0n) is 9.32. The number of primary amides is 1. The van der Waals surface area contributed by atoms with Gasteiger partial charge >= 0.3 is 0 Å². The van der Waals surface area contributed by atoms with E-state index >= 15 is 0 Å². The first-order valence-electron chi connectivity index (χ1n) is 4.98. The number of hydrogen-bond acceptors (Lipinski definition) is 6. The number of hydrogen-bond donors (Lipinski definition) is 1.